The molecule has 2 aromatic carbocycles. The summed E-state index contributed by atoms with van der Waals surface area (Å²) in [4.78, 5) is 39.2. The van der Waals surface area contributed by atoms with Crippen LogP contribution in [0.1, 0.15) is 46.1 Å². The van der Waals surface area contributed by atoms with Gasteiger partial charge in [-0.2, -0.15) is 0 Å². The molecule has 204 valence electrons. The van der Waals surface area contributed by atoms with Crippen LogP contribution in [0.2, 0.25) is 0 Å². The molecule has 1 aromatic heterocycles. The molecule has 0 fully saturated rings. The number of hydrogen-bond acceptors (Lipinski definition) is 7. The molecular weight excluding hydrogens is 519 g/mol. The summed E-state index contributed by atoms with van der Waals surface area (Å²) in [6, 6.07) is 8.20. The van der Waals surface area contributed by atoms with Gasteiger partial charge < -0.3 is 19.1 Å². The van der Waals surface area contributed by atoms with Gasteiger partial charge in [-0.25, -0.2) is 18.0 Å². The maximum absolute atomic E-state index is 14.7. The minimum absolute atomic E-state index is 0.161. The van der Waals surface area contributed by atoms with Gasteiger partial charge in [0.2, 0.25) is 18.0 Å². The van der Waals surface area contributed by atoms with Gasteiger partial charge in [0.25, 0.3) is 5.91 Å². The average Bonchev–Trinajstić information content (AvgIpc) is 2.91. The lowest BCUT2D eigenvalue weighted by molar-refractivity contribution is 0.0131. The van der Waals surface area contributed by atoms with Crippen molar-refractivity contribution < 1.29 is 37.0 Å². The number of aromatic nitrogens is 1. The summed E-state index contributed by atoms with van der Waals surface area (Å²) < 4.78 is 58.9. The predicted octanol–water partition coefficient (Wildman–Crippen LogP) is 3.86. The SMILES string of the molecule is COC(=O)OCOc1c2n(ccc1=O)N1[C@H](c3ccc(F)cc3)c3cc(F)c(F)cc3CCC[C@H]1N(C)C2=O. The Hall–Kier alpha value is -4.48. The first-order chi connectivity index (χ1) is 18.7. The summed E-state index contributed by atoms with van der Waals surface area (Å²) >= 11 is 0. The van der Waals surface area contributed by atoms with Gasteiger partial charge in [-0.3, -0.25) is 19.3 Å². The minimum atomic E-state index is -1.05. The van der Waals surface area contributed by atoms with E-state index in [1.165, 1.54) is 46.1 Å². The zero-order chi connectivity index (χ0) is 27.8. The maximum atomic E-state index is 14.7. The van der Waals surface area contributed by atoms with Crippen molar-refractivity contribution in [3.63, 3.8) is 0 Å². The highest BCUT2D eigenvalue weighted by molar-refractivity contribution is 5.96. The van der Waals surface area contributed by atoms with Crippen LogP contribution in [0.25, 0.3) is 0 Å². The third-order valence-corrected chi connectivity index (χ3v) is 6.94. The normalized spacial score (nSPS) is 18.3. The Bertz CT molecular complexity index is 1490. The number of hydrogen-bond donors (Lipinski definition) is 0. The molecule has 0 saturated heterocycles. The number of methoxy groups -OCH3 is 1. The summed E-state index contributed by atoms with van der Waals surface area (Å²) in [5, 5.41) is 1.76. The molecule has 39 heavy (non-hydrogen) atoms. The number of carbonyl (C=O) groups excluding carboxylic acids is 2. The molecule has 0 aliphatic carbocycles. The second-order valence-electron chi connectivity index (χ2n) is 9.15. The molecule has 0 bridgehead atoms. The van der Waals surface area contributed by atoms with E-state index in [-0.39, 0.29) is 11.4 Å². The van der Waals surface area contributed by atoms with Crippen molar-refractivity contribution in [3.8, 4) is 5.75 Å². The van der Waals surface area contributed by atoms with Crippen LogP contribution in [0.5, 0.6) is 5.75 Å². The van der Waals surface area contributed by atoms with Crippen molar-refractivity contribution >= 4 is 12.1 Å². The molecule has 3 aromatic rings. The van der Waals surface area contributed by atoms with Gasteiger partial charge in [0.15, 0.2) is 17.3 Å². The number of ether oxygens (including phenoxy) is 3. The van der Waals surface area contributed by atoms with Crippen LogP contribution in [0.4, 0.5) is 18.0 Å². The number of nitrogens with zero attached hydrogens (tertiary/aromatic N) is 3. The van der Waals surface area contributed by atoms with Crippen molar-refractivity contribution in [2.45, 2.75) is 31.5 Å². The molecular formula is C27H24F3N3O6. The Morgan fingerprint density at radius 1 is 1.05 bits per heavy atom. The van der Waals surface area contributed by atoms with Gasteiger partial charge in [0.1, 0.15) is 12.0 Å². The number of rotatable bonds is 4. The number of pyridine rings is 1. The molecule has 0 saturated carbocycles. The van der Waals surface area contributed by atoms with Crippen LogP contribution >= 0.6 is 0 Å². The summed E-state index contributed by atoms with van der Waals surface area (Å²) in [5.74, 6) is -3.43. The van der Waals surface area contributed by atoms with Crippen LogP contribution in [0.3, 0.4) is 0 Å². The molecule has 3 heterocycles. The topological polar surface area (TPSA) is 90.3 Å². The molecule has 2 atom stereocenters. The maximum Gasteiger partial charge on any atom is 0.510 e. The fourth-order valence-corrected chi connectivity index (χ4v) is 5.15. The summed E-state index contributed by atoms with van der Waals surface area (Å²) in [6.07, 6.45) is 1.18. The monoisotopic (exact) mass is 543 g/mol. The highest BCUT2D eigenvalue weighted by Gasteiger charge is 2.43. The van der Waals surface area contributed by atoms with E-state index in [1.54, 1.807) is 12.1 Å². The zero-order valence-electron chi connectivity index (χ0n) is 21.0. The Morgan fingerprint density at radius 2 is 1.77 bits per heavy atom. The molecule has 2 aliphatic heterocycles. The first-order valence-corrected chi connectivity index (χ1v) is 12.1. The van der Waals surface area contributed by atoms with Crippen molar-refractivity contribution in [1.82, 2.24) is 9.58 Å². The first kappa shape index (κ1) is 26.1. The lowest BCUT2D eigenvalue weighted by Crippen LogP contribution is -2.61. The molecule has 0 unspecified atom stereocenters. The molecule has 1 amide bonds. The van der Waals surface area contributed by atoms with Gasteiger partial charge in [0, 0.05) is 19.3 Å². The smallest absolute Gasteiger partial charge is 0.451 e. The summed E-state index contributed by atoms with van der Waals surface area (Å²) in [6.45, 7) is -0.700. The second kappa shape index (κ2) is 10.4. The fourth-order valence-electron chi connectivity index (χ4n) is 5.15. The number of carbonyl (C=O) groups is 2. The lowest BCUT2D eigenvalue weighted by atomic mass is 9.88. The third-order valence-electron chi connectivity index (χ3n) is 6.94. The Kier molecular flexibility index (Phi) is 6.94. The van der Waals surface area contributed by atoms with Gasteiger partial charge in [-0.05, 0) is 60.2 Å². The average molecular weight is 543 g/mol. The second-order valence-corrected chi connectivity index (χ2v) is 9.15. The van der Waals surface area contributed by atoms with E-state index in [9.17, 15) is 27.6 Å². The fraction of sp³-hybridized carbons (Fsp3) is 0.296. The number of benzene rings is 2. The molecule has 9 nitrogen and oxygen atoms in total. The Balaban J connectivity index is 1.73. The Morgan fingerprint density at radius 3 is 2.49 bits per heavy atom. The van der Waals surface area contributed by atoms with Crippen LogP contribution in [-0.2, 0) is 15.9 Å². The highest BCUT2D eigenvalue weighted by atomic mass is 19.2. The van der Waals surface area contributed by atoms with Crippen molar-refractivity contribution in [2.75, 3.05) is 26.0 Å². The zero-order valence-corrected chi connectivity index (χ0v) is 21.0. The molecule has 0 N–H and O–H groups in total. The van der Waals surface area contributed by atoms with E-state index in [0.29, 0.717) is 36.0 Å². The van der Waals surface area contributed by atoms with Crippen LogP contribution in [-0.4, -0.2) is 48.8 Å². The minimum Gasteiger partial charge on any atom is -0.451 e. The van der Waals surface area contributed by atoms with Crippen LogP contribution in [0.15, 0.2) is 53.5 Å². The van der Waals surface area contributed by atoms with Crippen molar-refractivity contribution in [1.29, 1.82) is 0 Å². The van der Waals surface area contributed by atoms with E-state index >= 15 is 0 Å². The van der Waals surface area contributed by atoms with Gasteiger partial charge in [-0.15, -0.1) is 0 Å². The summed E-state index contributed by atoms with van der Waals surface area (Å²) in [7, 11) is 2.66. The van der Waals surface area contributed by atoms with Crippen LogP contribution in [0, 0.1) is 17.5 Å². The summed E-state index contributed by atoms with van der Waals surface area (Å²) in [5.41, 5.74) is 0.723. The number of halogens is 3. The lowest BCUT2D eigenvalue weighted by Gasteiger charge is -2.50. The van der Waals surface area contributed by atoms with Gasteiger partial charge in [-0.1, -0.05) is 12.1 Å². The molecule has 12 heteroatoms. The number of aryl methyl sites for hydroxylation is 1. The number of fused-ring (bicyclic) bond motifs is 4. The molecule has 5 rings (SSSR count). The Labute approximate surface area is 220 Å². The van der Waals surface area contributed by atoms with Crippen molar-refractivity contribution in [3.05, 3.63) is 98.7 Å². The molecule has 0 spiro atoms. The number of amides is 1. The highest BCUT2D eigenvalue weighted by Crippen LogP contribution is 2.39. The van der Waals surface area contributed by atoms with Gasteiger partial charge >= 0.3 is 6.16 Å². The quantitative estimate of drug-likeness (QED) is 0.365. The largest absolute Gasteiger partial charge is 0.510 e. The first-order valence-electron chi connectivity index (χ1n) is 12.1. The van der Waals surface area contributed by atoms with Crippen molar-refractivity contribution in [2.24, 2.45) is 0 Å². The van der Waals surface area contributed by atoms with E-state index in [1.807, 2.05) is 0 Å². The van der Waals surface area contributed by atoms with Gasteiger partial charge in [0.05, 0.1) is 13.2 Å². The van der Waals surface area contributed by atoms with Crippen LogP contribution < -0.4 is 15.2 Å². The van der Waals surface area contributed by atoms with E-state index < -0.39 is 53.9 Å². The molecule has 0 radical (unpaired) electrons. The third kappa shape index (κ3) is 4.66. The van der Waals surface area contributed by atoms with E-state index in [2.05, 4.69) is 4.74 Å². The van der Waals surface area contributed by atoms with E-state index in [4.69, 9.17) is 9.47 Å². The molecule has 2 aliphatic rings. The predicted molar refractivity (Wildman–Crippen MR) is 131 cm³/mol. The van der Waals surface area contributed by atoms with E-state index in [0.717, 1.165) is 19.2 Å². The standard InChI is InChI=1S/C27H24F3N3O6/c1-31-22-5-3-4-16-12-19(29)20(30)13-18(16)23(15-6-8-17(28)9-7-15)33(22)32-11-10-21(34)25(24(32)26(31)35)38-14-39-27(36)37-2/h6-13,22-23H,3-5,14H2,1-2H3/t22-,23+/m0/s1.